The highest BCUT2D eigenvalue weighted by atomic mass is 35.5. The third-order valence-electron chi connectivity index (χ3n) is 6.56. The highest BCUT2D eigenvalue weighted by Crippen LogP contribution is 2.34. The number of nitrogens with zero attached hydrogens (tertiary/aromatic N) is 2. The molecule has 0 atom stereocenters. The van der Waals surface area contributed by atoms with Gasteiger partial charge in [-0.1, -0.05) is 47.5 Å². The van der Waals surface area contributed by atoms with Crippen LogP contribution in [0.4, 0.5) is 11.4 Å². The molecule has 3 aromatic carbocycles. The van der Waals surface area contributed by atoms with Crippen LogP contribution in [0.2, 0.25) is 10.0 Å². The molecule has 1 fully saturated rings. The molecule has 5 rings (SSSR count). The molecular formula is C31H26Cl2N4O3S. The topological polar surface area (TPSA) is 77.8 Å². The Kier molecular flexibility index (Phi) is 9.04. The van der Waals surface area contributed by atoms with Crippen LogP contribution in [0.15, 0.2) is 95.4 Å². The molecule has 10 heteroatoms. The maximum absolute atomic E-state index is 12.7. The van der Waals surface area contributed by atoms with E-state index in [0.29, 0.717) is 45.8 Å². The summed E-state index contributed by atoms with van der Waals surface area (Å²) in [4.78, 5) is 29.2. The summed E-state index contributed by atoms with van der Waals surface area (Å²) < 4.78 is 5.77. The highest BCUT2D eigenvalue weighted by Gasteiger charge is 2.22. The van der Waals surface area contributed by atoms with E-state index in [1.807, 2.05) is 59.5 Å². The number of hydrogen-bond acceptors (Lipinski definition) is 5. The van der Waals surface area contributed by atoms with Crippen LogP contribution < -0.4 is 15.5 Å². The Hall–Kier alpha value is -4.11. The Bertz CT molecular complexity index is 1580. The minimum absolute atomic E-state index is 0.0616. The van der Waals surface area contributed by atoms with Crippen LogP contribution in [0.3, 0.4) is 0 Å². The van der Waals surface area contributed by atoms with Crippen molar-refractivity contribution >= 4 is 69.8 Å². The second-order valence-electron chi connectivity index (χ2n) is 9.27. The first-order valence-electron chi connectivity index (χ1n) is 12.9. The molecule has 0 spiro atoms. The van der Waals surface area contributed by atoms with Gasteiger partial charge in [-0.05, 0) is 79.0 Å². The van der Waals surface area contributed by atoms with Crippen molar-refractivity contribution in [1.82, 2.24) is 10.2 Å². The molecule has 0 aliphatic carbocycles. The minimum Gasteiger partial charge on any atom is -0.457 e. The van der Waals surface area contributed by atoms with E-state index in [9.17, 15) is 9.59 Å². The fourth-order valence-electron chi connectivity index (χ4n) is 4.44. The summed E-state index contributed by atoms with van der Waals surface area (Å²) in [6.07, 6.45) is 2.88. The Morgan fingerprint density at radius 3 is 2.32 bits per heavy atom. The van der Waals surface area contributed by atoms with E-state index >= 15 is 0 Å². The van der Waals surface area contributed by atoms with E-state index < -0.39 is 5.91 Å². The fraction of sp³-hybridized carbons (Fsp3) is 0.129. The van der Waals surface area contributed by atoms with Crippen LogP contribution in [0.5, 0.6) is 0 Å². The maximum Gasteiger partial charge on any atom is 0.253 e. The summed E-state index contributed by atoms with van der Waals surface area (Å²) >= 11 is 17.6. The second-order valence-corrected chi connectivity index (χ2v) is 10.5. The van der Waals surface area contributed by atoms with Gasteiger partial charge in [-0.3, -0.25) is 14.9 Å². The number of benzene rings is 3. The van der Waals surface area contributed by atoms with Gasteiger partial charge in [0, 0.05) is 54.8 Å². The largest absolute Gasteiger partial charge is 0.457 e. The average molecular weight is 606 g/mol. The molecule has 0 bridgehead atoms. The van der Waals surface area contributed by atoms with Crippen LogP contribution >= 0.6 is 35.4 Å². The van der Waals surface area contributed by atoms with Gasteiger partial charge in [-0.2, -0.15) is 0 Å². The molecule has 4 aromatic rings. The Labute approximate surface area is 253 Å². The zero-order valence-corrected chi connectivity index (χ0v) is 24.2. The number of hydrogen-bond donors (Lipinski definition) is 2. The predicted molar refractivity (Wildman–Crippen MR) is 169 cm³/mol. The number of rotatable bonds is 6. The standard InChI is InChI=1S/C31H26Cl2N4O3S/c32-26-8-4-7-25(29(26)33)27-15-13-24(40-27)14-16-28(38)35-31(41)34-22-9-11-23(12-10-22)36-17-19-37(20-18-36)30(39)21-5-2-1-3-6-21/h1-16H,17-20H2,(H2,34,35,38,41). The van der Waals surface area contributed by atoms with E-state index in [4.69, 9.17) is 39.8 Å². The van der Waals surface area contributed by atoms with Crippen molar-refractivity contribution in [2.45, 2.75) is 0 Å². The number of piperazine rings is 1. The zero-order chi connectivity index (χ0) is 28.8. The quantitative estimate of drug-likeness (QED) is 0.187. The van der Waals surface area contributed by atoms with Crippen molar-refractivity contribution in [3.63, 3.8) is 0 Å². The lowest BCUT2D eigenvalue weighted by atomic mass is 10.1. The molecule has 0 unspecified atom stereocenters. The molecule has 2 N–H and O–H groups in total. The van der Waals surface area contributed by atoms with Crippen LogP contribution in [0.25, 0.3) is 17.4 Å². The monoisotopic (exact) mass is 604 g/mol. The molecule has 2 amide bonds. The number of carbonyl (C=O) groups excluding carboxylic acids is 2. The Morgan fingerprint density at radius 1 is 0.854 bits per heavy atom. The summed E-state index contributed by atoms with van der Waals surface area (Å²) in [5.41, 5.74) is 3.18. The molecule has 0 saturated carbocycles. The number of carbonyl (C=O) groups is 2. The first-order valence-corrected chi connectivity index (χ1v) is 14.1. The molecule has 1 aliphatic heterocycles. The van der Waals surface area contributed by atoms with E-state index in [2.05, 4.69) is 15.5 Å². The van der Waals surface area contributed by atoms with Crippen LogP contribution in [0, 0.1) is 0 Å². The molecule has 2 heterocycles. The van der Waals surface area contributed by atoms with E-state index in [1.54, 1.807) is 36.4 Å². The van der Waals surface area contributed by atoms with Gasteiger partial charge in [0.1, 0.15) is 11.5 Å². The van der Waals surface area contributed by atoms with Gasteiger partial charge in [0.2, 0.25) is 5.91 Å². The van der Waals surface area contributed by atoms with Crippen molar-refractivity contribution in [3.8, 4) is 11.3 Å². The zero-order valence-electron chi connectivity index (χ0n) is 21.8. The molecule has 1 aromatic heterocycles. The van der Waals surface area contributed by atoms with Gasteiger partial charge in [-0.25, -0.2) is 0 Å². The lowest BCUT2D eigenvalue weighted by molar-refractivity contribution is -0.115. The molecule has 41 heavy (non-hydrogen) atoms. The third-order valence-corrected chi connectivity index (χ3v) is 7.58. The number of furan rings is 1. The molecular weight excluding hydrogens is 579 g/mol. The average Bonchev–Trinajstić information content (AvgIpc) is 3.47. The van der Waals surface area contributed by atoms with Gasteiger partial charge in [0.05, 0.1) is 10.0 Å². The second kappa shape index (κ2) is 13.0. The van der Waals surface area contributed by atoms with Crippen molar-refractivity contribution in [1.29, 1.82) is 0 Å². The first-order chi connectivity index (χ1) is 19.9. The van der Waals surface area contributed by atoms with E-state index in [1.165, 1.54) is 6.08 Å². The van der Waals surface area contributed by atoms with Gasteiger partial charge in [0.15, 0.2) is 5.11 Å². The number of halogens is 2. The van der Waals surface area contributed by atoms with E-state index in [0.717, 1.165) is 24.5 Å². The summed E-state index contributed by atoms with van der Waals surface area (Å²) in [5, 5.41) is 6.66. The molecule has 208 valence electrons. The number of anilines is 2. The minimum atomic E-state index is -0.402. The molecule has 7 nitrogen and oxygen atoms in total. The van der Waals surface area contributed by atoms with Crippen molar-refractivity contribution < 1.29 is 14.0 Å². The Morgan fingerprint density at radius 2 is 1.59 bits per heavy atom. The normalized spacial score (nSPS) is 13.3. The fourth-order valence-corrected chi connectivity index (χ4v) is 5.05. The van der Waals surface area contributed by atoms with Crippen molar-refractivity contribution in [2.75, 3.05) is 36.4 Å². The van der Waals surface area contributed by atoms with Crippen LogP contribution in [-0.4, -0.2) is 48.0 Å². The summed E-state index contributed by atoms with van der Waals surface area (Å²) in [6, 6.07) is 25.9. The number of amides is 2. The van der Waals surface area contributed by atoms with Gasteiger partial charge in [0.25, 0.3) is 5.91 Å². The Balaban J connectivity index is 1.09. The summed E-state index contributed by atoms with van der Waals surface area (Å²) in [7, 11) is 0. The van der Waals surface area contributed by atoms with Gasteiger partial charge in [-0.15, -0.1) is 0 Å². The highest BCUT2D eigenvalue weighted by molar-refractivity contribution is 7.80. The lowest BCUT2D eigenvalue weighted by Crippen LogP contribution is -2.48. The first kappa shape index (κ1) is 28.4. The lowest BCUT2D eigenvalue weighted by Gasteiger charge is -2.36. The molecule has 1 aliphatic rings. The predicted octanol–water partition coefficient (Wildman–Crippen LogP) is 6.74. The number of nitrogens with one attached hydrogen (secondary N) is 2. The SMILES string of the molecule is O=C(C=Cc1ccc(-c2cccc(Cl)c2Cl)o1)NC(=S)Nc1ccc(N2CCN(C(=O)c3ccccc3)CC2)cc1. The molecule has 0 radical (unpaired) electrons. The number of thiocarbonyl (C=S) groups is 1. The van der Waals surface area contributed by atoms with Crippen LogP contribution in [-0.2, 0) is 4.79 Å². The molecule has 1 saturated heterocycles. The summed E-state index contributed by atoms with van der Waals surface area (Å²) in [6.45, 7) is 2.81. The maximum atomic E-state index is 12.7. The van der Waals surface area contributed by atoms with Crippen LogP contribution in [0.1, 0.15) is 16.1 Å². The third kappa shape index (κ3) is 7.16. The van der Waals surface area contributed by atoms with Gasteiger partial charge < -0.3 is 19.5 Å². The van der Waals surface area contributed by atoms with E-state index in [-0.39, 0.29) is 11.0 Å². The van der Waals surface area contributed by atoms with Crippen molar-refractivity contribution in [3.05, 3.63) is 112 Å². The van der Waals surface area contributed by atoms with Gasteiger partial charge >= 0.3 is 0 Å². The summed E-state index contributed by atoms with van der Waals surface area (Å²) in [5.74, 6) is 0.680. The smallest absolute Gasteiger partial charge is 0.253 e. The van der Waals surface area contributed by atoms with Crippen molar-refractivity contribution in [2.24, 2.45) is 0 Å².